The SMILES string of the molecule is O=C(Cn1c2c(sc1=O)[C@@H](c1ccccc1O)C1C(=O)N(c3ccc(Br)cc3)C(=O)C1S2)Nc1ccc(Cl)cc1. The van der Waals surface area contributed by atoms with E-state index in [1.54, 1.807) is 66.7 Å². The van der Waals surface area contributed by atoms with Gasteiger partial charge in [-0.25, -0.2) is 4.90 Å². The number of aromatic nitrogens is 1. The number of benzene rings is 3. The van der Waals surface area contributed by atoms with Crippen molar-refractivity contribution < 1.29 is 19.5 Å². The Hall–Kier alpha value is -3.38. The number of carbonyl (C=O) groups excluding carboxylic acids is 3. The minimum Gasteiger partial charge on any atom is -0.508 e. The molecule has 2 N–H and O–H groups in total. The first-order chi connectivity index (χ1) is 19.2. The minimum absolute atomic E-state index is 0.0423. The largest absolute Gasteiger partial charge is 0.508 e. The van der Waals surface area contributed by atoms with Crippen LogP contribution in [0.1, 0.15) is 16.4 Å². The van der Waals surface area contributed by atoms with Crippen LogP contribution >= 0.6 is 50.6 Å². The van der Waals surface area contributed by atoms with Gasteiger partial charge in [0.25, 0.3) is 0 Å². The lowest BCUT2D eigenvalue weighted by Gasteiger charge is -2.31. The van der Waals surface area contributed by atoms with Gasteiger partial charge in [-0.3, -0.25) is 23.7 Å². The van der Waals surface area contributed by atoms with Crippen LogP contribution < -0.4 is 15.1 Å². The standard InChI is InChI=1S/C28H19BrClN3O5S2/c29-14-5-11-17(12-6-14)33-25(36)22-21(18-3-1-2-4-19(18)34)24-27(39-23(22)26(33)37)32(28(38)40-24)13-20(35)31-16-9-7-15(30)8-10-16/h1-12,21-23,34H,13H2,(H,31,35)/t21-,22?,23?/m0/s1. The molecule has 2 aliphatic rings. The number of carbonyl (C=O) groups is 3. The fourth-order valence-electron chi connectivity index (χ4n) is 5.06. The molecule has 4 aromatic rings. The van der Waals surface area contributed by atoms with Crippen LogP contribution in [0.25, 0.3) is 0 Å². The summed E-state index contributed by atoms with van der Waals surface area (Å²) in [6.45, 7) is -0.288. The van der Waals surface area contributed by atoms with Crippen molar-refractivity contribution in [2.24, 2.45) is 5.92 Å². The Kier molecular flexibility index (Phi) is 7.07. The average molecular weight is 657 g/mol. The first-order valence-corrected chi connectivity index (χ1v) is 15.0. The second-order valence-electron chi connectivity index (χ2n) is 9.27. The van der Waals surface area contributed by atoms with E-state index in [1.165, 1.54) is 15.5 Å². The third kappa shape index (κ3) is 4.66. The number of aromatic hydroxyl groups is 1. The second kappa shape index (κ2) is 10.5. The van der Waals surface area contributed by atoms with Crippen LogP contribution in [-0.2, 0) is 20.9 Å². The number of thiazole rings is 1. The summed E-state index contributed by atoms with van der Waals surface area (Å²) in [5, 5.41) is 13.7. The molecule has 0 bridgehead atoms. The molecule has 8 nitrogen and oxygen atoms in total. The van der Waals surface area contributed by atoms with Crippen LogP contribution in [0.4, 0.5) is 11.4 Å². The number of rotatable bonds is 5. The summed E-state index contributed by atoms with van der Waals surface area (Å²) in [5.41, 5.74) is 1.40. The third-order valence-electron chi connectivity index (χ3n) is 6.84. The van der Waals surface area contributed by atoms with Gasteiger partial charge in [-0.1, -0.05) is 68.8 Å². The van der Waals surface area contributed by atoms with Gasteiger partial charge in [0.15, 0.2) is 0 Å². The summed E-state index contributed by atoms with van der Waals surface area (Å²) in [6, 6.07) is 20.1. The van der Waals surface area contributed by atoms with Gasteiger partial charge in [0.1, 0.15) is 17.5 Å². The van der Waals surface area contributed by atoms with Gasteiger partial charge in [0.05, 0.1) is 16.6 Å². The maximum absolute atomic E-state index is 13.9. The van der Waals surface area contributed by atoms with Crippen molar-refractivity contribution in [2.45, 2.75) is 22.7 Å². The van der Waals surface area contributed by atoms with Crippen LogP contribution in [0.2, 0.25) is 5.02 Å². The van der Waals surface area contributed by atoms with Crippen LogP contribution in [0, 0.1) is 5.92 Å². The zero-order chi connectivity index (χ0) is 28.1. The Morgan fingerprint density at radius 3 is 2.38 bits per heavy atom. The molecule has 0 saturated carbocycles. The van der Waals surface area contributed by atoms with E-state index in [2.05, 4.69) is 21.2 Å². The van der Waals surface area contributed by atoms with Crippen molar-refractivity contribution in [1.29, 1.82) is 0 Å². The summed E-state index contributed by atoms with van der Waals surface area (Å²) < 4.78 is 2.14. The molecule has 3 heterocycles. The highest BCUT2D eigenvalue weighted by Gasteiger charge is 2.57. The number of hydrogen-bond acceptors (Lipinski definition) is 7. The fraction of sp³-hybridized carbons (Fsp3) is 0.143. The number of amides is 3. The zero-order valence-electron chi connectivity index (χ0n) is 20.4. The maximum Gasteiger partial charge on any atom is 0.308 e. The first-order valence-electron chi connectivity index (χ1n) is 12.1. The van der Waals surface area contributed by atoms with Crippen LogP contribution in [-0.4, -0.2) is 32.6 Å². The lowest BCUT2D eigenvalue weighted by atomic mass is 9.82. The molecule has 3 aromatic carbocycles. The van der Waals surface area contributed by atoms with Crippen LogP contribution in [0.3, 0.4) is 0 Å². The molecule has 3 amide bonds. The van der Waals surface area contributed by atoms with E-state index in [0.717, 1.165) is 27.6 Å². The Morgan fingerprint density at radius 2 is 1.68 bits per heavy atom. The van der Waals surface area contributed by atoms with Crippen LogP contribution in [0.15, 0.2) is 87.1 Å². The van der Waals surface area contributed by atoms with E-state index < -0.39 is 39.7 Å². The summed E-state index contributed by atoms with van der Waals surface area (Å²) in [7, 11) is 0. The predicted octanol–water partition coefficient (Wildman–Crippen LogP) is 5.47. The monoisotopic (exact) mass is 655 g/mol. The number of phenols is 1. The number of nitrogens with zero attached hydrogens (tertiary/aromatic N) is 2. The number of halogens is 2. The lowest BCUT2D eigenvalue weighted by molar-refractivity contribution is -0.122. The molecule has 0 spiro atoms. The quantitative estimate of drug-likeness (QED) is 0.276. The van der Waals surface area contributed by atoms with Crippen molar-refractivity contribution in [3.8, 4) is 5.75 Å². The second-order valence-corrected chi connectivity index (χ2v) is 12.7. The molecule has 1 saturated heterocycles. The molecule has 2 aliphatic heterocycles. The molecule has 1 aromatic heterocycles. The van der Waals surface area contributed by atoms with Gasteiger partial charge in [-0.05, 0) is 54.6 Å². The van der Waals surface area contributed by atoms with Gasteiger partial charge in [-0.2, -0.15) is 0 Å². The average Bonchev–Trinajstić information content (AvgIpc) is 3.37. The number of fused-ring (bicyclic) bond motifs is 2. The van der Waals surface area contributed by atoms with Gasteiger partial charge in [-0.15, -0.1) is 0 Å². The Balaban J connectivity index is 1.41. The van der Waals surface area contributed by atoms with Gasteiger partial charge >= 0.3 is 4.87 Å². The summed E-state index contributed by atoms with van der Waals surface area (Å²) >= 11 is 11.3. The zero-order valence-corrected chi connectivity index (χ0v) is 24.4. The molecule has 2 unspecified atom stereocenters. The topological polar surface area (TPSA) is 109 Å². The predicted molar refractivity (Wildman–Crippen MR) is 158 cm³/mol. The van der Waals surface area contributed by atoms with Gasteiger partial charge in [0, 0.05) is 31.5 Å². The fourth-order valence-corrected chi connectivity index (χ4v) is 8.22. The molecule has 3 atom stereocenters. The van der Waals surface area contributed by atoms with Gasteiger partial charge < -0.3 is 10.4 Å². The van der Waals surface area contributed by atoms with E-state index in [-0.39, 0.29) is 12.3 Å². The highest BCUT2D eigenvalue weighted by molar-refractivity contribution is 9.10. The van der Waals surface area contributed by atoms with Crippen molar-refractivity contribution in [3.05, 3.63) is 102 Å². The number of phenolic OH excluding ortho intramolecular Hbond substituents is 1. The van der Waals surface area contributed by atoms with Crippen LogP contribution in [0.5, 0.6) is 5.75 Å². The van der Waals surface area contributed by atoms with E-state index in [1.807, 2.05) is 0 Å². The minimum atomic E-state index is -0.854. The number of imide groups is 1. The normalized spacial score (nSPS) is 19.9. The van der Waals surface area contributed by atoms with E-state index in [4.69, 9.17) is 11.6 Å². The maximum atomic E-state index is 13.9. The Morgan fingerprint density at radius 1 is 0.975 bits per heavy atom. The van der Waals surface area contributed by atoms with Gasteiger partial charge in [0.2, 0.25) is 17.7 Å². The van der Waals surface area contributed by atoms with Crippen molar-refractivity contribution >= 4 is 79.7 Å². The first kappa shape index (κ1) is 26.8. The Bertz CT molecular complexity index is 1720. The molecule has 1 fully saturated rings. The van der Waals surface area contributed by atoms with E-state index in [9.17, 15) is 24.3 Å². The molecule has 202 valence electrons. The van der Waals surface area contributed by atoms with E-state index >= 15 is 0 Å². The smallest absolute Gasteiger partial charge is 0.308 e. The van der Waals surface area contributed by atoms with Crippen molar-refractivity contribution in [1.82, 2.24) is 4.57 Å². The summed E-state index contributed by atoms with van der Waals surface area (Å²) in [4.78, 5) is 55.1. The molecule has 40 heavy (non-hydrogen) atoms. The summed E-state index contributed by atoms with van der Waals surface area (Å²) in [6.07, 6.45) is 0. The number of nitrogens with one attached hydrogen (secondary N) is 1. The van der Waals surface area contributed by atoms with E-state index in [0.29, 0.717) is 31.9 Å². The number of thioether (sulfide) groups is 1. The molecule has 6 rings (SSSR count). The third-order valence-corrected chi connectivity index (χ3v) is 10.2. The molecule has 12 heteroatoms. The molecule has 0 radical (unpaired) electrons. The van der Waals surface area contributed by atoms with Crippen molar-refractivity contribution in [3.63, 3.8) is 0 Å². The molecular weight excluding hydrogens is 638 g/mol. The highest BCUT2D eigenvalue weighted by atomic mass is 79.9. The molecule has 0 aliphatic carbocycles. The number of para-hydroxylation sites is 1. The summed E-state index contributed by atoms with van der Waals surface area (Å²) in [5.74, 6) is -2.90. The molecular formula is C28H19BrClN3O5S2. The lowest BCUT2D eigenvalue weighted by Crippen LogP contribution is -2.33. The number of anilines is 2. The van der Waals surface area contributed by atoms with Crippen molar-refractivity contribution in [2.75, 3.05) is 10.2 Å². The number of hydrogen-bond donors (Lipinski definition) is 2. The highest BCUT2D eigenvalue weighted by Crippen LogP contribution is 2.55. The Labute approximate surface area is 249 Å².